The van der Waals surface area contributed by atoms with Gasteiger partial charge in [-0.2, -0.15) is 0 Å². The van der Waals surface area contributed by atoms with Crippen LogP contribution < -0.4 is 4.90 Å². The third kappa shape index (κ3) is 4.50. The smallest absolute Gasteiger partial charge is 0.0561 e. The molecule has 3 unspecified atom stereocenters. The Kier molecular flexibility index (Phi) is 6.89. The Labute approximate surface area is 327 Å². The largest absolute Gasteiger partial charge is 0.310 e. The minimum absolute atomic E-state index is 0.203. The van der Waals surface area contributed by atoms with E-state index in [-0.39, 0.29) is 5.41 Å². The molecular weight excluding hydrogens is 677 g/mol. The summed E-state index contributed by atoms with van der Waals surface area (Å²) in [5.41, 5.74) is 18.2. The average molecular weight is 717 g/mol. The molecule has 8 aromatic carbocycles. The van der Waals surface area contributed by atoms with Gasteiger partial charge in [-0.3, -0.25) is 0 Å². The number of rotatable bonds is 6. The molecule has 2 heteroatoms. The standard InChI is InChI=1S/C54H40N2/c1-3-12-36(13-4-1)37-22-27-41(28-23-37)55(43-31-32-46-45-16-8-10-21-51(45)56(52(46)34-43)40-14-5-2-6-15-40)42-29-24-38(25-30-42)44-18-11-20-50-53(44)47-17-7-9-19-49(47)54(50)35-39-26-33-48(39)54/h1-25,27-32,34,39,48H,26,33,35H2. The quantitative estimate of drug-likeness (QED) is 0.166. The molecule has 56 heavy (non-hydrogen) atoms. The molecule has 12 rings (SSSR count). The van der Waals surface area contributed by atoms with Crippen molar-refractivity contribution in [1.29, 1.82) is 0 Å². The molecule has 2 fully saturated rings. The fraction of sp³-hybridized carbons (Fsp3) is 0.111. The van der Waals surface area contributed by atoms with Gasteiger partial charge >= 0.3 is 0 Å². The molecule has 3 atom stereocenters. The first kappa shape index (κ1) is 31.7. The highest BCUT2D eigenvalue weighted by Crippen LogP contribution is 2.71. The van der Waals surface area contributed by atoms with Crippen molar-refractivity contribution in [1.82, 2.24) is 4.57 Å². The number of hydrogen-bond donors (Lipinski definition) is 0. The molecule has 0 amide bonds. The summed E-state index contributed by atoms with van der Waals surface area (Å²) in [6, 6.07) is 71.8. The maximum Gasteiger partial charge on any atom is 0.0561 e. The van der Waals surface area contributed by atoms with Gasteiger partial charge < -0.3 is 9.47 Å². The summed E-state index contributed by atoms with van der Waals surface area (Å²) in [5, 5.41) is 2.51. The molecule has 3 aliphatic carbocycles. The van der Waals surface area contributed by atoms with E-state index in [1.807, 2.05) is 0 Å². The van der Waals surface area contributed by atoms with Crippen molar-refractivity contribution in [2.24, 2.45) is 11.8 Å². The molecule has 1 heterocycles. The number of hydrogen-bond acceptors (Lipinski definition) is 1. The van der Waals surface area contributed by atoms with Crippen LogP contribution in [0.5, 0.6) is 0 Å². The van der Waals surface area contributed by atoms with Crippen LogP contribution >= 0.6 is 0 Å². The molecule has 1 aromatic heterocycles. The molecule has 1 spiro atoms. The summed E-state index contributed by atoms with van der Waals surface area (Å²) >= 11 is 0. The van der Waals surface area contributed by atoms with Gasteiger partial charge in [0.2, 0.25) is 0 Å². The van der Waals surface area contributed by atoms with E-state index in [2.05, 4.69) is 204 Å². The second-order valence-electron chi connectivity index (χ2n) is 16.1. The highest BCUT2D eigenvalue weighted by atomic mass is 15.1. The van der Waals surface area contributed by atoms with Crippen LogP contribution in [0.25, 0.3) is 60.9 Å². The lowest BCUT2D eigenvalue weighted by atomic mass is 9.42. The van der Waals surface area contributed by atoms with Crippen molar-refractivity contribution in [2.75, 3.05) is 4.90 Å². The fourth-order valence-corrected chi connectivity index (χ4v) is 10.8. The zero-order valence-corrected chi connectivity index (χ0v) is 31.1. The van der Waals surface area contributed by atoms with Crippen LogP contribution in [0.15, 0.2) is 194 Å². The monoisotopic (exact) mass is 716 g/mol. The number of fused-ring (bicyclic) bond motifs is 10. The SMILES string of the molecule is c1ccc(-c2ccc(N(c3ccc(-c4cccc5c4-c4ccccc4C54CC5CCC54)cc3)c3ccc4c5ccccc5n(-c5ccccc5)c4c3)cc2)cc1. The Hall–Kier alpha value is -6.64. The zero-order valence-electron chi connectivity index (χ0n) is 31.1. The van der Waals surface area contributed by atoms with Gasteiger partial charge in [-0.25, -0.2) is 0 Å². The van der Waals surface area contributed by atoms with E-state index >= 15 is 0 Å². The first-order chi connectivity index (χ1) is 27.8. The van der Waals surface area contributed by atoms with Gasteiger partial charge in [-0.1, -0.05) is 140 Å². The highest BCUT2D eigenvalue weighted by molar-refractivity contribution is 6.10. The maximum atomic E-state index is 2.44. The minimum atomic E-state index is 0.203. The Morgan fingerprint density at radius 3 is 1.79 bits per heavy atom. The number of aromatic nitrogens is 1. The van der Waals surface area contributed by atoms with Crippen molar-refractivity contribution in [3.8, 4) is 39.1 Å². The van der Waals surface area contributed by atoms with Crippen LogP contribution in [0.3, 0.4) is 0 Å². The van der Waals surface area contributed by atoms with Crippen LogP contribution in [-0.4, -0.2) is 4.57 Å². The third-order valence-corrected chi connectivity index (χ3v) is 13.5. The van der Waals surface area contributed by atoms with E-state index in [1.165, 1.54) is 74.4 Å². The third-order valence-electron chi connectivity index (χ3n) is 13.5. The first-order valence-electron chi connectivity index (χ1n) is 20.1. The van der Waals surface area contributed by atoms with E-state index in [0.29, 0.717) is 0 Å². The van der Waals surface area contributed by atoms with Crippen molar-refractivity contribution in [3.05, 3.63) is 205 Å². The lowest BCUT2D eigenvalue weighted by Crippen LogP contribution is -2.56. The van der Waals surface area contributed by atoms with Gasteiger partial charge in [-0.15, -0.1) is 0 Å². The normalized spacial score (nSPS) is 18.9. The Bertz CT molecular complexity index is 2940. The molecule has 0 aliphatic heterocycles. The first-order valence-corrected chi connectivity index (χ1v) is 20.1. The second-order valence-corrected chi connectivity index (χ2v) is 16.1. The Morgan fingerprint density at radius 1 is 0.446 bits per heavy atom. The minimum Gasteiger partial charge on any atom is -0.310 e. The second kappa shape index (κ2) is 12.2. The van der Waals surface area contributed by atoms with Gasteiger partial charge in [0, 0.05) is 38.9 Å². The van der Waals surface area contributed by atoms with Gasteiger partial charge in [0.1, 0.15) is 0 Å². The number of para-hydroxylation sites is 2. The number of nitrogens with zero attached hydrogens (tertiary/aromatic N) is 2. The molecule has 2 nitrogen and oxygen atoms in total. The van der Waals surface area contributed by atoms with E-state index in [1.54, 1.807) is 11.1 Å². The predicted octanol–water partition coefficient (Wildman–Crippen LogP) is 14.3. The van der Waals surface area contributed by atoms with Crippen molar-refractivity contribution in [3.63, 3.8) is 0 Å². The van der Waals surface area contributed by atoms with E-state index in [0.717, 1.165) is 34.6 Å². The van der Waals surface area contributed by atoms with E-state index in [9.17, 15) is 0 Å². The van der Waals surface area contributed by atoms with Crippen LogP contribution in [0, 0.1) is 11.8 Å². The van der Waals surface area contributed by atoms with E-state index in [4.69, 9.17) is 0 Å². The van der Waals surface area contributed by atoms with Gasteiger partial charge in [0.15, 0.2) is 0 Å². The van der Waals surface area contributed by atoms with Crippen LogP contribution in [-0.2, 0) is 5.41 Å². The molecule has 0 bridgehead atoms. The average Bonchev–Trinajstić information content (AvgIpc) is 3.75. The Morgan fingerprint density at radius 2 is 1.05 bits per heavy atom. The zero-order chi connectivity index (χ0) is 36.8. The summed E-state index contributed by atoms with van der Waals surface area (Å²) in [4.78, 5) is 2.41. The summed E-state index contributed by atoms with van der Waals surface area (Å²) in [7, 11) is 0. The fourth-order valence-electron chi connectivity index (χ4n) is 10.8. The molecule has 2 saturated carbocycles. The number of anilines is 3. The van der Waals surface area contributed by atoms with Crippen molar-refractivity contribution < 1.29 is 0 Å². The lowest BCUT2D eigenvalue weighted by Gasteiger charge is -2.61. The van der Waals surface area contributed by atoms with Crippen LogP contribution in [0.4, 0.5) is 17.1 Å². The summed E-state index contributed by atoms with van der Waals surface area (Å²) < 4.78 is 2.41. The summed E-state index contributed by atoms with van der Waals surface area (Å²) in [6.45, 7) is 0. The molecule has 266 valence electrons. The predicted molar refractivity (Wildman–Crippen MR) is 233 cm³/mol. The maximum absolute atomic E-state index is 2.44. The molecule has 0 N–H and O–H groups in total. The highest BCUT2D eigenvalue weighted by Gasteiger charge is 2.62. The van der Waals surface area contributed by atoms with Crippen LogP contribution in [0.1, 0.15) is 30.4 Å². The molecule has 0 saturated heterocycles. The molecule has 3 aliphatic rings. The molecule has 9 aromatic rings. The molecular formula is C54H40N2. The lowest BCUT2D eigenvalue weighted by molar-refractivity contribution is -0.0296. The number of benzene rings is 8. The van der Waals surface area contributed by atoms with Gasteiger partial charge in [0.05, 0.1) is 11.0 Å². The van der Waals surface area contributed by atoms with Crippen LogP contribution in [0.2, 0.25) is 0 Å². The van der Waals surface area contributed by atoms with E-state index < -0.39 is 0 Å². The van der Waals surface area contributed by atoms with Gasteiger partial charge in [0.25, 0.3) is 0 Å². The molecule has 0 radical (unpaired) electrons. The summed E-state index contributed by atoms with van der Waals surface area (Å²) in [5.74, 6) is 1.69. The summed E-state index contributed by atoms with van der Waals surface area (Å²) in [6.07, 6.45) is 4.06. The van der Waals surface area contributed by atoms with Crippen molar-refractivity contribution >= 4 is 38.9 Å². The topological polar surface area (TPSA) is 8.17 Å². The Balaban J connectivity index is 1.00. The van der Waals surface area contributed by atoms with Gasteiger partial charge in [-0.05, 0) is 130 Å². The van der Waals surface area contributed by atoms with Crippen molar-refractivity contribution in [2.45, 2.75) is 24.7 Å².